The number of pyridine rings is 1. The first-order chi connectivity index (χ1) is 9.70. The van der Waals surface area contributed by atoms with E-state index >= 15 is 0 Å². The number of nitrogens with zero attached hydrogens (tertiary/aromatic N) is 2. The summed E-state index contributed by atoms with van der Waals surface area (Å²) in [5.74, 6) is -0.293. The third kappa shape index (κ3) is 3.52. The van der Waals surface area contributed by atoms with Gasteiger partial charge in [-0.2, -0.15) is 5.10 Å². The first-order valence-corrected chi connectivity index (χ1v) is 5.91. The van der Waals surface area contributed by atoms with E-state index < -0.39 is 12.0 Å². The number of aromatic nitrogens is 1. The highest BCUT2D eigenvalue weighted by Gasteiger charge is 2.04. The number of rotatable bonds is 5. The zero-order chi connectivity index (χ0) is 14.4. The van der Waals surface area contributed by atoms with E-state index in [4.69, 9.17) is 4.74 Å². The van der Waals surface area contributed by atoms with Gasteiger partial charge in [-0.3, -0.25) is 10.4 Å². The number of methoxy groups -OCH3 is 1. The van der Waals surface area contributed by atoms with Crippen molar-refractivity contribution >= 4 is 6.21 Å². The van der Waals surface area contributed by atoms with Crippen LogP contribution in [0, 0.1) is 5.82 Å². The molecule has 0 fully saturated rings. The summed E-state index contributed by atoms with van der Waals surface area (Å²) in [5, 5.41) is 13.7. The first-order valence-electron chi connectivity index (χ1n) is 5.91. The Balaban J connectivity index is 1.98. The molecule has 2 aromatic rings. The molecule has 6 heteroatoms. The summed E-state index contributed by atoms with van der Waals surface area (Å²) in [6.07, 6.45) is 3.61. The van der Waals surface area contributed by atoms with Gasteiger partial charge in [-0.15, -0.1) is 0 Å². The molecular formula is C14H14FN3O2. The number of halogens is 1. The normalized spacial score (nSPS) is 12.3. The molecule has 0 aliphatic carbocycles. The number of hydrogen-bond acceptors (Lipinski definition) is 5. The largest absolute Gasteiger partial charge is 0.494 e. The summed E-state index contributed by atoms with van der Waals surface area (Å²) in [6.45, 7) is 0. The lowest BCUT2D eigenvalue weighted by atomic mass is 10.2. The van der Waals surface area contributed by atoms with E-state index in [1.54, 1.807) is 30.6 Å². The van der Waals surface area contributed by atoms with Crippen molar-refractivity contribution in [1.29, 1.82) is 0 Å². The molecule has 1 atom stereocenters. The lowest BCUT2D eigenvalue weighted by Gasteiger charge is -2.09. The second-order valence-corrected chi connectivity index (χ2v) is 3.96. The fourth-order valence-electron chi connectivity index (χ4n) is 1.57. The van der Waals surface area contributed by atoms with Crippen LogP contribution < -0.4 is 10.2 Å². The summed E-state index contributed by atoms with van der Waals surface area (Å²) in [6, 6.07) is 7.80. The molecule has 0 radical (unpaired) electrons. The van der Waals surface area contributed by atoms with Crippen LogP contribution in [-0.2, 0) is 0 Å². The minimum absolute atomic E-state index is 0.173. The van der Waals surface area contributed by atoms with E-state index in [0.717, 1.165) is 0 Å². The van der Waals surface area contributed by atoms with Gasteiger partial charge < -0.3 is 9.84 Å². The predicted octanol–water partition coefficient (Wildman–Crippen LogP) is 1.84. The number of benzene rings is 1. The number of nitrogens with one attached hydrogen (secondary N) is 1. The molecule has 0 aliphatic heterocycles. The van der Waals surface area contributed by atoms with Gasteiger partial charge in [-0.05, 0) is 35.9 Å². The number of hydrogen-bond donors (Lipinski definition) is 2. The second-order valence-electron chi connectivity index (χ2n) is 3.96. The van der Waals surface area contributed by atoms with Crippen molar-refractivity contribution in [1.82, 2.24) is 10.4 Å². The zero-order valence-corrected chi connectivity index (χ0v) is 10.8. The Labute approximate surface area is 115 Å². The average Bonchev–Trinajstić information content (AvgIpc) is 2.48. The van der Waals surface area contributed by atoms with Gasteiger partial charge in [0, 0.05) is 18.0 Å². The smallest absolute Gasteiger partial charge is 0.165 e. The highest BCUT2D eigenvalue weighted by atomic mass is 19.1. The highest BCUT2D eigenvalue weighted by molar-refractivity contribution is 5.79. The average molecular weight is 275 g/mol. The van der Waals surface area contributed by atoms with Crippen LogP contribution in [0.15, 0.2) is 47.8 Å². The minimum atomic E-state index is -0.947. The molecule has 0 bridgehead atoms. The molecular weight excluding hydrogens is 261 g/mol. The van der Waals surface area contributed by atoms with Crippen LogP contribution in [0.1, 0.15) is 17.4 Å². The Morgan fingerprint density at radius 1 is 1.35 bits per heavy atom. The molecule has 1 unspecified atom stereocenters. The summed E-state index contributed by atoms with van der Waals surface area (Å²) < 4.78 is 18.3. The Kier molecular flexibility index (Phi) is 4.62. The van der Waals surface area contributed by atoms with Crippen molar-refractivity contribution in [3.8, 4) is 5.75 Å². The van der Waals surface area contributed by atoms with E-state index in [0.29, 0.717) is 11.1 Å². The van der Waals surface area contributed by atoms with Crippen LogP contribution in [0.25, 0.3) is 0 Å². The van der Waals surface area contributed by atoms with Crippen LogP contribution in [-0.4, -0.2) is 23.4 Å². The fourth-order valence-corrected chi connectivity index (χ4v) is 1.57. The molecule has 0 saturated heterocycles. The van der Waals surface area contributed by atoms with Gasteiger partial charge in [-0.25, -0.2) is 4.39 Å². The summed E-state index contributed by atoms with van der Waals surface area (Å²) in [5.41, 5.74) is 3.73. The van der Waals surface area contributed by atoms with E-state index in [-0.39, 0.29) is 5.75 Å². The maximum atomic E-state index is 13.4. The lowest BCUT2D eigenvalue weighted by Crippen LogP contribution is -2.15. The van der Waals surface area contributed by atoms with E-state index in [2.05, 4.69) is 15.5 Å². The molecule has 1 heterocycles. The standard InChI is InChI=1S/C14H14FN3O2/c1-20-13-3-2-10(8-12(13)15)9-17-18-14(19)11-4-6-16-7-5-11/h2-9,14,18-19H,1H3/b17-9-. The molecule has 2 rings (SSSR count). The number of aliphatic hydroxyl groups is 1. The SMILES string of the molecule is COc1ccc(/C=N\NC(O)c2ccncc2)cc1F. The van der Waals surface area contributed by atoms with Crippen LogP contribution in [0.2, 0.25) is 0 Å². The van der Waals surface area contributed by atoms with Gasteiger partial charge in [0.05, 0.1) is 13.3 Å². The quantitative estimate of drug-likeness (QED) is 0.496. The van der Waals surface area contributed by atoms with Gasteiger partial charge in [0.2, 0.25) is 0 Å². The van der Waals surface area contributed by atoms with Crippen LogP contribution >= 0.6 is 0 Å². The minimum Gasteiger partial charge on any atom is -0.494 e. The van der Waals surface area contributed by atoms with Crippen molar-refractivity contribution in [2.75, 3.05) is 7.11 Å². The van der Waals surface area contributed by atoms with Crippen molar-refractivity contribution < 1.29 is 14.2 Å². The molecule has 5 nitrogen and oxygen atoms in total. The Morgan fingerprint density at radius 3 is 2.75 bits per heavy atom. The molecule has 1 aromatic heterocycles. The maximum absolute atomic E-state index is 13.4. The topological polar surface area (TPSA) is 66.7 Å². The van der Waals surface area contributed by atoms with Crippen molar-refractivity contribution in [3.05, 3.63) is 59.7 Å². The van der Waals surface area contributed by atoms with Crippen LogP contribution in [0.4, 0.5) is 4.39 Å². The summed E-state index contributed by atoms with van der Waals surface area (Å²) >= 11 is 0. The Morgan fingerprint density at radius 2 is 2.10 bits per heavy atom. The summed E-state index contributed by atoms with van der Waals surface area (Å²) in [7, 11) is 1.40. The zero-order valence-electron chi connectivity index (χ0n) is 10.8. The van der Waals surface area contributed by atoms with Crippen LogP contribution in [0.5, 0.6) is 5.75 Å². The van der Waals surface area contributed by atoms with Gasteiger partial charge >= 0.3 is 0 Å². The van der Waals surface area contributed by atoms with Crippen molar-refractivity contribution in [3.63, 3.8) is 0 Å². The summed E-state index contributed by atoms with van der Waals surface area (Å²) in [4.78, 5) is 3.85. The second kappa shape index (κ2) is 6.63. The molecule has 2 N–H and O–H groups in total. The molecule has 0 aliphatic rings. The van der Waals surface area contributed by atoms with Gasteiger partial charge in [0.1, 0.15) is 0 Å². The third-order valence-corrected chi connectivity index (χ3v) is 2.61. The third-order valence-electron chi connectivity index (χ3n) is 2.61. The van der Waals surface area contributed by atoms with Gasteiger partial charge in [-0.1, -0.05) is 0 Å². The molecule has 1 aromatic carbocycles. The maximum Gasteiger partial charge on any atom is 0.165 e. The molecule has 20 heavy (non-hydrogen) atoms. The molecule has 0 spiro atoms. The van der Waals surface area contributed by atoms with Gasteiger partial charge in [0.15, 0.2) is 17.8 Å². The Hall–Kier alpha value is -2.47. The van der Waals surface area contributed by atoms with E-state index in [1.165, 1.54) is 25.5 Å². The monoisotopic (exact) mass is 275 g/mol. The van der Waals surface area contributed by atoms with Crippen LogP contribution in [0.3, 0.4) is 0 Å². The number of ether oxygens (including phenoxy) is 1. The highest BCUT2D eigenvalue weighted by Crippen LogP contribution is 2.16. The Bertz CT molecular complexity index is 590. The van der Waals surface area contributed by atoms with Gasteiger partial charge in [0.25, 0.3) is 0 Å². The van der Waals surface area contributed by atoms with Crippen molar-refractivity contribution in [2.45, 2.75) is 6.23 Å². The molecule has 0 amide bonds. The number of aliphatic hydroxyl groups excluding tert-OH is 1. The lowest BCUT2D eigenvalue weighted by molar-refractivity contribution is 0.141. The molecule has 104 valence electrons. The fraction of sp³-hybridized carbons (Fsp3) is 0.143. The number of hydrazone groups is 1. The molecule has 0 saturated carbocycles. The predicted molar refractivity (Wildman–Crippen MR) is 72.9 cm³/mol. The first kappa shape index (κ1) is 14.0. The van der Waals surface area contributed by atoms with Crippen molar-refractivity contribution in [2.24, 2.45) is 5.10 Å². The van der Waals surface area contributed by atoms with E-state index in [1.807, 2.05) is 0 Å². The van der Waals surface area contributed by atoms with E-state index in [9.17, 15) is 9.50 Å².